The van der Waals surface area contributed by atoms with Crippen LogP contribution in [0.1, 0.15) is 29.6 Å². The molecular weight excluding hydrogens is 337 g/mol. The lowest BCUT2D eigenvalue weighted by Gasteiger charge is -2.23. The molecule has 0 amide bonds. The van der Waals surface area contributed by atoms with Gasteiger partial charge >= 0.3 is 5.97 Å². The van der Waals surface area contributed by atoms with Crippen LogP contribution in [0.15, 0.2) is 36.4 Å². The second-order valence-electron chi connectivity index (χ2n) is 5.50. The van der Waals surface area contributed by atoms with Crippen molar-refractivity contribution in [2.45, 2.75) is 25.6 Å². The Labute approximate surface area is 142 Å². The summed E-state index contributed by atoms with van der Waals surface area (Å²) in [6.07, 6.45) is 2.50. The maximum Gasteiger partial charge on any atom is 0.343 e. The van der Waals surface area contributed by atoms with Crippen LogP contribution in [0.4, 0.5) is 13.2 Å². The van der Waals surface area contributed by atoms with Gasteiger partial charge < -0.3 is 14.2 Å². The summed E-state index contributed by atoms with van der Waals surface area (Å²) in [6, 6.07) is 7.49. The van der Waals surface area contributed by atoms with Gasteiger partial charge in [0, 0.05) is 6.42 Å². The summed E-state index contributed by atoms with van der Waals surface area (Å²) >= 11 is 0. The molecule has 0 spiro atoms. The van der Waals surface area contributed by atoms with E-state index in [4.69, 9.17) is 14.2 Å². The van der Waals surface area contributed by atoms with Gasteiger partial charge in [0.25, 0.3) is 0 Å². The Bertz CT molecular complexity index is 756. The Hall–Kier alpha value is -2.54. The van der Waals surface area contributed by atoms with Crippen LogP contribution in [-0.4, -0.2) is 18.9 Å². The van der Waals surface area contributed by atoms with Gasteiger partial charge in [-0.05, 0) is 49.2 Å². The maximum absolute atomic E-state index is 13.5. The minimum atomic E-state index is -1.69. The Morgan fingerprint density at radius 2 is 1.76 bits per heavy atom. The molecule has 1 heterocycles. The summed E-state index contributed by atoms with van der Waals surface area (Å²) in [5, 5.41) is 0. The highest BCUT2D eigenvalue weighted by molar-refractivity contribution is 5.91. The van der Waals surface area contributed by atoms with Gasteiger partial charge in [-0.15, -0.1) is 0 Å². The quantitative estimate of drug-likeness (QED) is 0.469. The van der Waals surface area contributed by atoms with Crippen molar-refractivity contribution in [3.05, 3.63) is 59.4 Å². The highest BCUT2D eigenvalue weighted by atomic mass is 19.2. The molecule has 0 bridgehead atoms. The lowest BCUT2D eigenvalue weighted by atomic mass is 10.2. The molecule has 0 radical (unpaired) electrons. The first-order valence-electron chi connectivity index (χ1n) is 7.78. The molecule has 1 fully saturated rings. The van der Waals surface area contributed by atoms with Gasteiger partial charge in [-0.3, -0.25) is 0 Å². The summed E-state index contributed by atoms with van der Waals surface area (Å²) in [4.78, 5) is 12.0. The molecule has 1 saturated heterocycles. The van der Waals surface area contributed by atoms with Gasteiger partial charge in [0.2, 0.25) is 5.82 Å². The average Bonchev–Trinajstić information content (AvgIpc) is 2.63. The largest absolute Gasteiger partial charge is 0.465 e. The fourth-order valence-corrected chi connectivity index (χ4v) is 2.37. The van der Waals surface area contributed by atoms with Crippen LogP contribution in [0.2, 0.25) is 0 Å². The molecule has 1 unspecified atom stereocenters. The van der Waals surface area contributed by atoms with Crippen molar-refractivity contribution in [1.82, 2.24) is 0 Å². The molecule has 0 aromatic heterocycles. The molecule has 2 aromatic rings. The number of esters is 1. The zero-order valence-electron chi connectivity index (χ0n) is 13.1. The molecule has 7 heteroatoms. The van der Waals surface area contributed by atoms with Crippen molar-refractivity contribution in [2.24, 2.45) is 0 Å². The molecule has 0 saturated carbocycles. The van der Waals surface area contributed by atoms with Gasteiger partial charge in [-0.2, -0.15) is 4.39 Å². The topological polar surface area (TPSA) is 44.8 Å². The first kappa shape index (κ1) is 17.3. The smallest absolute Gasteiger partial charge is 0.343 e. The van der Waals surface area contributed by atoms with Gasteiger partial charge in [0.1, 0.15) is 5.75 Å². The minimum absolute atomic E-state index is 0.112. The number of benzene rings is 2. The molecule has 132 valence electrons. The van der Waals surface area contributed by atoms with Crippen LogP contribution >= 0.6 is 0 Å². The number of hydrogen-bond donors (Lipinski definition) is 0. The lowest BCUT2D eigenvalue weighted by Crippen LogP contribution is -2.24. The highest BCUT2D eigenvalue weighted by Crippen LogP contribution is 2.24. The molecule has 1 aliphatic heterocycles. The highest BCUT2D eigenvalue weighted by Gasteiger charge is 2.19. The summed E-state index contributed by atoms with van der Waals surface area (Å²) in [5.41, 5.74) is 0.112. The number of carbonyl (C=O) groups is 1. The fraction of sp³-hybridized carbons (Fsp3) is 0.278. The van der Waals surface area contributed by atoms with Crippen molar-refractivity contribution >= 4 is 5.97 Å². The molecule has 0 aliphatic carbocycles. The predicted octanol–water partition coefficient (Wildman–Crippen LogP) is 4.23. The van der Waals surface area contributed by atoms with Crippen LogP contribution in [0.5, 0.6) is 11.5 Å². The third kappa shape index (κ3) is 4.11. The van der Waals surface area contributed by atoms with E-state index < -0.39 is 29.2 Å². The van der Waals surface area contributed by atoms with Crippen LogP contribution < -0.4 is 9.47 Å². The zero-order chi connectivity index (χ0) is 17.8. The summed E-state index contributed by atoms with van der Waals surface area (Å²) in [7, 11) is 0. The minimum Gasteiger partial charge on any atom is -0.465 e. The second-order valence-corrected chi connectivity index (χ2v) is 5.50. The molecule has 2 aromatic carbocycles. The fourth-order valence-electron chi connectivity index (χ4n) is 2.37. The Morgan fingerprint density at radius 3 is 2.44 bits per heavy atom. The van der Waals surface area contributed by atoms with E-state index in [1.807, 2.05) is 0 Å². The van der Waals surface area contributed by atoms with Gasteiger partial charge in [0.05, 0.1) is 12.2 Å². The normalized spacial score (nSPS) is 17.2. The number of ether oxygens (including phenoxy) is 3. The Kier molecular flexibility index (Phi) is 5.23. The SMILES string of the molecule is O=C(Oc1ccc(F)c(F)c1F)c1ccc(OC2CCCCO2)cc1. The molecule has 3 rings (SSSR count). The number of rotatable bonds is 4. The van der Waals surface area contributed by atoms with Crippen molar-refractivity contribution < 1.29 is 32.2 Å². The Balaban J connectivity index is 1.65. The molecule has 1 aliphatic rings. The number of carbonyl (C=O) groups excluding carboxylic acids is 1. The van der Waals surface area contributed by atoms with E-state index in [-0.39, 0.29) is 11.9 Å². The van der Waals surface area contributed by atoms with Crippen molar-refractivity contribution in [1.29, 1.82) is 0 Å². The summed E-state index contributed by atoms with van der Waals surface area (Å²) in [5.74, 6) is -5.67. The standard InChI is InChI=1S/C18H15F3O4/c19-13-8-9-14(17(21)16(13)20)25-18(22)11-4-6-12(7-5-11)24-15-3-1-2-10-23-15/h4-9,15H,1-3,10H2. The zero-order valence-corrected chi connectivity index (χ0v) is 13.1. The first-order valence-corrected chi connectivity index (χ1v) is 7.78. The molecule has 0 N–H and O–H groups in total. The van der Waals surface area contributed by atoms with Crippen LogP contribution in [-0.2, 0) is 4.74 Å². The van der Waals surface area contributed by atoms with E-state index in [0.29, 0.717) is 18.4 Å². The molecule has 4 nitrogen and oxygen atoms in total. The first-order chi connectivity index (χ1) is 12.0. The van der Waals surface area contributed by atoms with E-state index in [1.165, 1.54) is 12.1 Å². The Morgan fingerprint density at radius 1 is 1.00 bits per heavy atom. The van der Waals surface area contributed by atoms with E-state index in [2.05, 4.69) is 0 Å². The van der Waals surface area contributed by atoms with Crippen LogP contribution in [0.3, 0.4) is 0 Å². The summed E-state index contributed by atoms with van der Waals surface area (Å²) in [6.45, 7) is 0.648. The monoisotopic (exact) mass is 352 g/mol. The maximum atomic E-state index is 13.5. The third-order valence-electron chi connectivity index (χ3n) is 3.70. The molecular formula is C18H15F3O4. The van der Waals surface area contributed by atoms with E-state index in [9.17, 15) is 18.0 Å². The average molecular weight is 352 g/mol. The van der Waals surface area contributed by atoms with Gasteiger partial charge in [-0.25, -0.2) is 13.6 Å². The van der Waals surface area contributed by atoms with Gasteiger partial charge in [-0.1, -0.05) is 0 Å². The van der Waals surface area contributed by atoms with Crippen LogP contribution in [0, 0.1) is 17.5 Å². The van der Waals surface area contributed by atoms with E-state index >= 15 is 0 Å². The van der Waals surface area contributed by atoms with E-state index in [0.717, 1.165) is 25.3 Å². The van der Waals surface area contributed by atoms with Crippen LogP contribution in [0.25, 0.3) is 0 Å². The molecule has 1 atom stereocenters. The lowest BCUT2D eigenvalue weighted by molar-refractivity contribution is -0.105. The number of hydrogen-bond acceptors (Lipinski definition) is 4. The van der Waals surface area contributed by atoms with E-state index in [1.54, 1.807) is 12.1 Å². The molecule has 25 heavy (non-hydrogen) atoms. The van der Waals surface area contributed by atoms with Crippen molar-refractivity contribution in [3.63, 3.8) is 0 Å². The van der Waals surface area contributed by atoms with Crippen molar-refractivity contribution in [3.8, 4) is 11.5 Å². The predicted molar refractivity (Wildman–Crippen MR) is 81.9 cm³/mol. The summed E-state index contributed by atoms with van der Waals surface area (Å²) < 4.78 is 55.4. The number of halogens is 3. The van der Waals surface area contributed by atoms with Crippen molar-refractivity contribution in [2.75, 3.05) is 6.61 Å². The third-order valence-corrected chi connectivity index (χ3v) is 3.70. The second kappa shape index (κ2) is 7.57. The van der Waals surface area contributed by atoms with Gasteiger partial charge in [0.15, 0.2) is 23.7 Å².